The SMILES string of the molecule is COc1ccc(/C=C(\F)C(C)(C)CCBr)cc1OC. The summed E-state index contributed by atoms with van der Waals surface area (Å²) in [6.07, 6.45) is 2.28. The topological polar surface area (TPSA) is 18.5 Å². The molecule has 0 heterocycles. The molecule has 106 valence electrons. The lowest BCUT2D eigenvalue weighted by Gasteiger charge is -2.21. The van der Waals surface area contributed by atoms with Crippen molar-refractivity contribution in [2.75, 3.05) is 19.5 Å². The van der Waals surface area contributed by atoms with Gasteiger partial charge in [-0.05, 0) is 30.2 Å². The third kappa shape index (κ3) is 4.23. The Hall–Kier alpha value is -1.03. The van der Waals surface area contributed by atoms with Crippen LogP contribution in [0.3, 0.4) is 0 Å². The highest BCUT2D eigenvalue weighted by molar-refractivity contribution is 9.09. The van der Waals surface area contributed by atoms with Gasteiger partial charge in [-0.15, -0.1) is 0 Å². The van der Waals surface area contributed by atoms with Crippen LogP contribution in [-0.2, 0) is 0 Å². The first-order valence-electron chi connectivity index (χ1n) is 6.10. The van der Waals surface area contributed by atoms with Crippen molar-refractivity contribution in [2.45, 2.75) is 20.3 Å². The molecule has 0 unspecified atom stereocenters. The number of benzene rings is 1. The van der Waals surface area contributed by atoms with E-state index >= 15 is 0 Å². The van der Waals surface area contributed by atoms with Crippen LogP contribution in [0.4, 0.5) is 4.39 Å². The van der Waals surface area contributed by atoms with Crippen LogP contribution in [0.15, 0.2) is 24.0 Å². The van der Waals surface area contributed by atoms with Gasteiger partial charge >= 0.3 is 0 Å². The Morgan fingerprint density at radius 2 is 1.89 bits per heavy atom. The summed E-state index contributed by atoms with van der Waals surface area (Å²) >= 11 is 3.35. The Balaban J connectivity index is 3.04. The Bertz CT molecular complexity index is 455. The Labute approximate surface area is 122 Å². The summed E-state index contributed by atoms with van der Waals surface area (Å²) in [5.41, 5.74) is 0.286. The van der Waals surface area contributed by atoms with Gasteiger partial charge in [0.15, 0.2) is 11.5 Å². The zero-order chi connectivity index (χ0) is 14.5. The summed E-state index contributed by atoms with van der Waals surface area (Å²) in [5, 5.41) is 0.771. The minimum Gasteiger partial charge on any atom is -0.493 e. The molecule has 1 aromatic carbocycles. The van der Waals surface area contributed by atoms with Crippen molar-refractivity contribution in [2.24, 2.45) is 5.41 Å². The molecule has 1 aromatic rings. The normalized spacial score (nSPS) is 12.4. The van der Waals surface area contributed by atoms with Crippen LogP contribution in [0.25, 0.3) is 6.08 Å². The summed E-state index contributed by atoms with van der Waals surface area (Å²) in [5.74, 6) is 1.10. The van der Waals surface area contributed by atoms with Gasteiger partial charge in [0.1, 0.15) is 5.83 Å². The molecule has 0 aliphatic carbocycles. The smallest absolute Gasteiger partial charge is 0.161 e. The van der Waals surface area contributed by atoms with Crippen molar-refractivity contribution < 1.29 is 13.9 Å². The maximum Gasteiger partial charge on any atom is 0.161 e. The second-order valence-electron chi connectivity index (χ2n) is 4.93. The summed E-state index contributed by atoms with van der Waals surface area (Å²) < 4.78 is 24.6. The molecule has 0 saturated heterocycles. The molecule has 0 bridgehead atoms. The van der Waals surface area contributed by atoms with Crippen LogP contribution in [-0.4, -0.2) is 19.5 Å². The monoisotopic (exact) mass is 330 g/mol. The lowest BCUT2D eigenvalue weighted by molar-refractivity contribution is 0.345. The van der Waals surface area contributed by atoms with Crippen LogP contribution in [0.1, 0.15) is 25.8 Å². The fraction of sp³-hybridized carbons (Fsp3) is 0.467. The van der Waals surface area contributed by atoms with Crippen LogP contribution < -0.4 is 9.47 Å². The fourth-order valence-corrected chi connectivity index (χ4v) is 2.63. The Morgan fingerprint density at radius 1 is 1.26 bits per heavy atom. The second-order valence-corrected chi connectivity index (χ2v) is 5.72. The zero-order valence-electron chi connectivity index (χ0n) is 11.8. The number of hydrogen-bond donors (Lipinski definition) is 0. The first-order chi connectivity index (χ1) is 8.94. The third-order valence-electron chi connectivity index (χ3n) is 3.07. The van der Waals surface area contributed by atoms with Crippen LogP contribution in [0.2, 0.25) is 0 Å². The first kappa shape index (κ1) is 16.0. The van der Waals surface area contributed by atoms with E-state index in [0.717, 1.165) is 17.3 Å². The Morgan fingerprint density at radius 3 is 2.42 bits per heavy atom. The van der Waals surface area contributed by atoms with E-state index in [0.29, 0.717) is 11.5 Å². The summed E-state index contributed by atoms with van der Waals surface area (Å²) in [4.78, 5) is 0. The van der Waals surface area contributed by atoms with Crippen LogP contribution >= 0.6 is 15.9 Å². The quantitative estimate of drug-likeness (QED) is 0.696. The minimum absolute atomic E-state index is 0.140. The van der Waals surface area contributed by atoms with Crippen molar-refractivity contribution in [3.63, 3.8) is 0 Å². The van der Waals surface area contributed by atoms with Crippen LogP contribution in [0, 0.1) is 5.41 Å². The molecule has 19 heavy (non-hydrogen) atoms. The fourth-order valence-electron chi connectivity index (χ4n) is 1.64. The van der Waals surface area contributed by atoms with Crippen LogP contribution in [0.5, 0.6) is 11.5 Å². The molecular formula is C15H20BrFO2. The molecule has 0 radical (unpaired) electrons. The highest BCUT2D eigenvalue weighted by Crippen LogP contribution is 2.35. The number of ether oxygens (including phenoxy) is 2. The zero-order valence-corrected chi connectivity index (χ0v) is 13.4. The minimum atomic E-state index is -0.476. The average Bonchev–Trinajstić information content (AvgIpc) is 2.38. The van der Waals surface area contributed by atoms with Crippen molar-refractivity contribution in [3.05, 3.63) is 29.6 Å². The van der Waals surface area contributed by atoms with Crippen molar-refractivity contribution in [3.8, 4) is 11.5 Å². The van der Waals surface area contributed by atoms with Gasteiger partial charge in [-0.25, -0.2) is 4.39 Å². The maximum atomic E-state index is 14.2. The van der Waals surface area contributed by atoms with Crippen molar-refractivity contribution in [1.29, 1.82) is 0 Å². The second kappa shape index (κ2) is 6.94. The molecule has 0 aliphatic rings. The largest absolute Gasteiger partial charge is 0.493 e. The predicted octanol–water partition coefficient (Wildman–Crippen LogP) is 4.83. The molecule has 0 amide bonds. The van der Waals surface area contributed by atoms with Crippen molar-refractivity contribution >= 4 is 22.0 Å². The van der Waals surface area contributed by atoms with E-state index in [1.54, 1.807) is 32.4 Å². The number of hydrogen-bond acceptors (Lipinski definition) is 2. The van der Waals surface area contributed by atoms with E-state index in [2.05, 4.69) is 15.9 Å². The van der Waals surface area contributed by atoms with Gasteiger partial charge in [0.05, 0.1) is 14.2 Å². The van der Waals surface area contributed by atoms with Gasteiger partial charge in [0, 0.05) is 10.7 Å². The van der Waals surface area contributed by atoms with E-state index in [1.807, 2.05) is 19.9 Å². The first-order valence-corrected chi connectivity index (χ1v) is 7.22. The Kier molecular flexibility index (Phi) is 5.85. The van der Waals surface area contributed by atoms with E-state index in [9.17, 15) is 4.39 Å². The predicted molar refractivity (Wildman–Crippen MR) is 80.8 cm³/mol. The molecule has 0 aliphatic heterocycles. The molecule has 1 rings (SSSR count). The highest BCUT2D eigenvalue weighted by atomic mass is 79.9. The number of methoxy groups -OCH3 is 2. The highest BCUT2D eigenvalue weighted by Gasteiger charge is 2.23. The van der Waals surface area contributed by atoms with Gasteiger partial charge in [-0.2, -0.15) is 0 Å². The van der Waals surface area contributed by atoms with E-state index in [1.165, 1.54) is 0 Å². The molecule has 2 nitrogen and oxygen atoms in total. The maximum absolute atomic E-state index is 14.2. The van der Waals surface area contributed by atoms with E-state index in [4.69, 9.17) is 9.47 Å². The van der Waals surface area contributed by atoms with Gasteiger partial charge in [0.2, 0.25) is 0 Å². The van der Waals surface area contributed by atoms with E-state index < -0.39 is 5.41 Å². The van der Waals surface area contributed by atoms with Crippen molar-refractivity contribution in [1.82, 2.24) is 0 Å². The number of halogens is 2. The lowest BCUT2D eigenvalue weighted by atomic mass is 9.88. The number of allylic oxidation sites excluding steroid dienone is 1. The number of alkyl halides is 1. The summed E-state index contributed by atoms with van der Waals surface area (Å²) in [6, 6.07) is 5.35. The van der Waals surface area contributed by atoms with Gasteiger partial charge in [-0.1, -0.05) is 35.8 Å². The van der Waals surface area contributed by atoms with Gasteiger partial charge in [0.25, 0.3) is 0 Å². The van der Waals surface area contributed by atoms with Gasteiger partial charge in [-0.3, -0.25) is 0 Å². The summed E-state index contributed by atoms with van der Waals surface area (Å²) in [7, 11) is 3.14. The molecular weight excluding hydrogens is 311 g/mol. The molecule has 0 spiro atoms. The standard InChI is InChI=1S/C15H20BrFO2/c1-15(2,7-8-16)14(17)10-11-5-6-12(18-3)13(9-11)19-4/h5-6,9-10H,7-8H2,1-4H3/b14-10-. The van der Waals surface area contributed by atoms with Gasteiger partial charge < -0.3 is 9.47 Å². The third-order valence-corrected chi connectivity index (χ3v) is 3.46. The van der Waals surface area contributed by atoms with E-state index in [-0.39, 0.29) is 5.83 Å². The molecule has 0 saturated carbocycles. The average molecular weight is 331 g/mol. The molecule has 0 aromatic heterocycles. The molecule has 0 atom stereocenters. The number of rotatable bonds is 6. The molecule has 0 fully saturated rings. The molecule has 4 heteroatoms. The molecule has 0 N–H and O–H groups in total. The summed E-state index contributed by atoms with van der Waals surface area (Å²) in [6.45, 7) is 3.78. The lowest BCUT2D eigenvalue weighted by Crippen LogP contribution is -2.12.